The van der Waals surface area contributed by atoms with Crippen LogP contribution in [-0.2, 0) is 6.54 Å². The molecule has 0 unspecified atom stereocenters. The van der Waals surface area contributed by atoms with Crippen molar-refractivity contribution in [2.75, 3.05) is 38.3 Å². The van der Waals surface area contributed by atoms with E-state index >= 15 is 0 Å². The monoisotopic (exact) mass is 399 g/mol. The van der Waals surface area contributed by atoms with E-state index in [1.807, 2.05) is 0 Å². The number of aromatic carboxylic acids is 1. The first-order chi connectivity index (χ1) is 13.3. The van der Waals surface area contributed by atoms with Gasteiger partial charge in [0.1, 0.15) is 24.1 Å². The number of hydrogen-bond donors (Lipinski definition) is 2. The molecule has 0 bridgehead atoms. The number of hydrogen-bond acceptors (Lipinski definition) is 5. The number of carboxylic acid groups (broad SMARTS) is 1. The first-order valence-electron chi connectivity index (χ1n) is 8.66. The van der Waals surface area contributed by atoms with Crippen molar-refractivity contribution >= 4 is 22.6 Å². The molecule has 1 aromatic heterocycles. The third-order valence-electron chi connectivity index (χ3n) is 4.98. The van der Waals surface area contributed by atoms with Crippen molar-refractivity contribution in [3.05, 3.63) is 33.9 Å². The van der Waals surface area contributed by atoms with E-state index in [0.717, 1.165) is 12.3 Å². The number of pyridine rings is 1. The molecule has 10 heteroatoms. The van der Waals surface area contributed by atoms with Crippen LogP contribution < -0.4 is 20.8 Å². The molecule has 1 aliphatic heterocycles. The number of anilines is 1. The Bertz CT molecular complexity index is 979. The molecular weight excluding hydrogens is 379 g/mol. The zero-order valence-electron chi connectivity index (χ0n) is 15.1. The van der Waals surface area contributed by atoms with E-state index in [0.29, 0.717) is 0 Å². The quantitative estimate of drug-likeness (QED) is 0.765. The molecule has 7 nitrogen and oxygen atoms in total. The first kappa shape index (κ1) is 20.0. The average molecular weight is 399 g/mol. The Morgan fingerprint density at radius 2 is 2.14 bits per heavy atom. The van der Waals surface area contributed by atoms with Crippen molar-refractivity contribution in [3.63, 3.8) is 0 Å². The SMILES string of the molecule is COc1c(N2C[C@H](CN)[C@H](F)C2)c(F)cc2c(=O)c(C(=O)O)cn(CCF)c12. The standard InChI is InChI=1S/C18H20F3N3O4/c1-28-17-14-10(16(25)11(18(26)27)7-23(14)3-2-19)4-12(20)15(17)24-6-9(5-22)13(21)8-24/h4,7,9,13H,2-3,5-6,8,22H2,1H3,(H,26,27)/t9-,13+/m0/s1. The summed E-state index contributed by atoms with van der Waals surface area (Å²) < 4.78 is 48.7. The van der Waals surface area contributed by atoms with Gasteiger partial charge in [-0.3, -0.25) is 4.79 Å². The number of nitrogens with two attached hydrogens (primary N) is 1. The number of methoxy groups -OCH3 is 1. The summed E-state index contributed by atoms with van der Waals surface area (Å²) >= 11 is 0. The third kappa shape index (κ3) is 3.17. The predicted octanol–water partition coefficient (Wildman–Crippen LogP) is 1.55. The maximum atomic E-state index is 15.0. The minimum atomic E-state index is -1.51. The zero-order chi connectivity index (χ0) is 20.6. The number of aromatic nitrogens is 1. The fraction of sp³-hybridized carbons (Fsp3) is 0.444. The number of halogens is 3. The Hall–Kier alpha value is -2.75. The highest BCUT2D eigenvalue weighted by Crippen LogP contribution is 2.40. The number of fused-ring (bicyclic) bond motifs is 1. The van der Waals surface area contributed by atoms with Crippen LogP contribution in [0.15, 0.2) is 17.1 Å². The molecular formula is C18H20F3N3O4. The van der Waals surface area contributed by atoms with Gasteiger partial charge in [-0.25, -0.2) is 18.0 Å². The van der Waals surface area contributed by atoms with E-state index in [-0.39, 0.29) is 48.5 Å². The maximum absolute atomic E-state index is 15.0. The molecule has 2 heterocycles. The summed E-state index contributed by atoms with van der Waals surface area (Å²) in [6.07, 6.45) is -0.256. The fourth-order valence-electron chi connectivity index (χ4n) is 3.63. The second-order valence-electron chi connectivity index (χ2n) is 6.61. The van der Waals surface area contributed by atoms with Crippen LogP contribution in [-0.4, -0.2) is 55.2 Å². The van der Waals surface area contributed by atoms with Gasteiger partial charge in [0.25, 0.3) is 0 Å². The van der Waals surface area contributed by atoms with Crippen molar-refractivity contribution in [1.29, 1.82) is 0 Å². The van der Waals surface area contributed by atoms with Crippen LogP contribution in [0.4, 0.5) is 18.9 Å². The molecule has 1 aliphatic rings. The van der Waals surface area contributed by atoms with E-state index in [4.69, 9.17) is 10.5 Å². The summed E-state index contributed by atoms with van der Waals surface area (Å²) in [4.78, 5) is 25.3. The molecule has 2 aromatic rings. The fourth-order valence-corrected chi connectivity index (χ4v) is 3.63. The average Bonchev–Trinajstić information content (AvgIpc) is 3.03. The Labute approximate surface area is 158 Å². The second-order valence-corrected chi connectivity index (χ2v) is 6.61. The Morgan fingerprint density at radius 1 is 1.43 bits per heavy atom. The van der Waals surface area contributed by atoms with Crippen molar-refractivity contribution in [1.82, 2.24) is 4.57 Å². The third-order valence-corrected chi connectivity index (χ3v) is 4.98. The number of nitrogens with zero attached hydrogens (tertiary/aromatic N) is 2. The van der Waals surface area contributed by atoms with E-state index in [2.05, 4.69) is 0 Å². The van der Waals surface area contributed by atoms with Crippen LogP contribution in [0.25, 0.3) is 10.9 Å². The van der Waals surface area contributed by atoms with E-state index in [1.165, 1.54) is 16.6 Å². The highest BCUT2D eigenvalue weighted by molar-refractivity contribution is 5.97. The van der Waals surface area contributed by atoms with Gasteiger partial charge in [0.05, 0.1) is 24.6 Å². The minimum absolute atomic E-state index is 0.0538. The summed E-state index contributed by atoms with van der Waals surface area (Å²) in [5, 5.41) is 8.98. The van der Waals surface area contributed by atoms with Gasteiger partial charge >= 0.3 is 5.97 Å². The van der Waals surface area contributed by atoms with Crippen LogP contribution in [0.3, 0.4) is 0 Å². The predicted molar refractivity (Wildman–Crippen MR) is 97.3 cm³/mol. The van der Waals surface area contributed by atoms with Gasteiger partial charge in [0.2, 0.25) is 5.43 Å². The summed E-state index contributed by atoms with van der Waals surface area (Å²) in [5.41, 5.74) is 4.03. The molecule has 152 valence electrons. The second kappa shape index (κ2) is 7.70. The lowest BCUT2D eigenvalue weighted by Gasteiger charge is -2.24. The normalized spacial score (nSPS) is 19.4. The van der Waals surface area contributed by atoms with Crippen molar-refractivity contribution in [3.8, 4) is 5.75 Å². The van der Waals surface area contributed by atoms with Crippen LogP contribution in [0.5, 0.6) is 5.75 Å². The topological polar surface area (TPSA) is 97.8 Å². The number of carbonyl (C=O) groups is 1. The van der Waals surface area contributed by atoms with Gasteiger partial charge < -0.3 is 25.0 Å². The van der Waals surface area contributed by atoms with Gasteiger partial charge in [-0.1, -0.05) is 0 Å². The molecule has 0 saturated carbocycles. The highest BCUT2D eigenvalue weighted by Gasteiger charge is 2.35. The number of rotatable bonds is 6. The zero-order valence-corrected chi connectivity index (χ0v) is 15.1. The molecule has 28 heavy (non-hydrogen) atoms. The highest BCUT2D eigenvalue weighted by atomic mass is 19.1. The molecule has 0 aliphatic carbocycles. The van der Waals surface area contributed by atoms with Gasteiger partial charge in [-0.05, 0) is 12.6 Å². The largest absolute Gasteiger partial charge is 0.492 e. The maximum Gasteiger partial charge on any atom is 0.341 e. The summed E-state index contributed by atoms with van der Waals surface area (Å²) in [5.74, 6) is -2.93. The first-order valence-corrected chi connectivity index (χ1v) is 8.66. The Balaban J connectivity index is 2.32. The molecule has 1 aromatic carbocycles. The van der Waals surface area contributed by atoms with E-state index in [1.54, 1.807) is 0 Å². The molecule has 0 amide bonds. The van der Waals surface area contributed by atoms with Gasteiger partial charge in [0.15, 0.2) is 11.6 Å². The van der Waals surface area contributed by atoms with Gasteiger partial charge in [-0.2, -0.15) is 0 Å². The number of benzene rings is 1. The van der Waals surface area contributed by atoms with Gasteiger partial charge in [0, 0.05) is 25.2 Å². The lowest BCUT2D eigenvalue weighted by atomic mass is 10.1. The number of alkyl halides is 2. The molecule has 0 spiro atoms. The van der Waals surface area contributed by atoms with Crippen molar-refractivity contribution in [2.45, 2.75) is 12.7 Å². The minimum Gasteiger partial charge on any atom is -0.492 e. The molecule has 1 saturated heterocycles. The molecule has 2 atom stereocenters. The van der Waals surface area contributed by atoms with E-state index in [9.17, 15) is 27.9 Å². The number of ether oxygens (including phenoxy) is 1. The summed E-state index contributed by atoms with van der Waals surface area (Å²) in [6.45, 7) is -0.990. The van der Waals surface area contributed by atoms with E-state index < -0.39 is 41.5 Å². The molecule has 3 rings (SSSR count). The van der Waals surface area contributed by atoms with Crippen LogP contribution in [0, 0.1) is 11.7 Å². The number of aryl methyl sites for hydroxylation is 1. The van der Waals surface area contributed by atoms with Crippen LogP contribution >= 0.6 is 0 Å². The Morgan fingerprint density at radius 3 is 2.68 bits per heavy atom. The lowest BCUT2D eigenvalue weighted by Crippen LogP contribution is -2.25. The Kier molecular flexibility index (Phi) is 5.50. The van der Waals surface area contributed by atoms with Crippen LogP contribution in [0.1, 0.15) is 10.4 Å². The smallest absolute Gasteiger partial charge is 0.341 e. The molecule has 1 fully saturated rings. The summed E-state index contributed by atoms with van der Waals surface area (Å²) in [7, 11) is 1.25. The van der Waals surface area contributed by atoms with Gasteiger partial charge in [-0.15, -0.1) is 0 Å². The number of carboxylic acids is 1. The van der Waals surface area contributed by atoms with Crippen LogP contribution in [0.2, 0.25) is 0 Å². The molecule has 0 radical (unpaired) electrons. The van der Waals surface area contributed by atoms with Crippen molar-refractivity contribution < 1.29 is 27.8 Å². The van der Waals surface area contributed by atoms with Crippen molar-refractivity contribution in [2.24, 2.45) is 11.7 Å². The summed E-state index contributed by atoms with van der Waals surface area (Å²) in [6, 6.07) is 0.889. The molecule has 3 N–H and O–H groups in total. The lowest BCUT2D eigenvalue weighted by molar-refractivity contribution is 0.0694.